The van der Waals surface area contributed by atoms with E-state index >= 15 is 0 Å². The second-order valence-electron chi connectivity index (χ2n) is 0.729. The fourth-order valence-corrected chi connectivity index (χ4v) is 0.0676. The van der Waals surface area contributed by atoms with Crippen molar-refractivity contribution in [2.75, 3.05) is 0 Å². The molecule has 0 spiro atoms. The third-order valence-corrected chi connectivity index (χ3v) is 0.230. The predicted molar refractivity (Wildman–Crippen MR) is 17.9 cm³/mol. The van der Waals surface area contributed by atoms with Gasteiger partial charge in [-0.1, -0.05) is 0 Å². The molecule has 3 nitrogen and oxygen atoms in total. The van der Waals surface area contributed by atoms with E-state index < -0.39 is 12.4 Å². The Balaban J connectivity index is 0. The number of carbonyl (C=O) groups is 1. The van der Waals surface area contributed by atoms with Crippen LogP contribution in [0.4, 0.5) is 0 Å². The number of carboxylic acid groups (broad SMARTS) is 1. The first-order valence-corrected chi connectivity index (χ1v) is 1.36. The van der Waals surface area contributed by atoms with E-state index in [0.717, 1.165) is 0 Å². The molecule has 4 heteroatoms. The van der Waals surface area contributed by atoms with Crippen LogP contribution in [0.25, 0.3) is 0 Å². The maximum absolute atomic E-state index is 9.38. The summed E-state index contributed by atoms with van der Waals surface area (Å²) in [6.07, 6.45) is -0.403. The Bertz CT molecular complexity index is 95.6. The predicted octanol–water partition coefficient (Wildman–Crippen LogP) is -3.01. The molecule has 0 aromatic rings. The summed E-state index contributed by atoms with van der Waals surface area (Å²) in [5.41, 5.74) is 0. The van der Waals surface area contributed by atoms with Gasteiger partial charge >= 0.3 is 35.5 Å². The van der Waals surface area contributed by atoms with E-state index in [2.05, 4.69) is 0 Å². The van der Waals surface area contributed by atoms with Crippen LogP contribution >= 0.6 is 0 Å². The van der Waals surface area contributed by atoms with Gasteiger partial charge in [-0.2, -0.15) is 5.26 Å². The first kappa shape index (κ1) is 10.0. The van der Waals surface area contributed by atoms with Crippen molar-refractivity contribution >= 4 is 5.97 Å². The van der Waals surface area contributed by atoms with Gasteiger partial charge in [-0.3, -0.25) is 4.79 Å². The van der Waals surface area contributed by atoms with Crippen molar-refractivity contribution < 1.29 is 39.5 Å². The molecule has 0 aliphatic rings. The average molecular weight is 108 g/mol. The molecule has 0 fully saturated rings. The van der Waals surface area contributed by atoms with Gasteiger partial charge in [-0.25, -0.2) is 0 Å². The van der Waals surface area contributed by atoms with Gasteiger partial charge in [0.15, 0.2) is 0 Å². The van der Waals surface area contributed by atoms with Crippen LogP contribution in [-0.2, 0) is 4.79 Å². The molecular weight excluding hydrogens is 105 g/mol. The molecule has 0 rings (SSSR count). The van der Waals surface area contributed by atoms with Gasteiger partial charge in [0.2, 0.25) is 0 Å². The first-order valence-electron chi connectivity index (χ1n) is 1.36. The molecule has 0 aromatic heterocycles. The summed E-state index contributed by atoms with van der Waals surface area (Å²) in [5, 5.41) is 15.3. The van der Waals surface area contributed by atoms with Gasteiger partial charge in [-0.15, -0.1) is 0 Å². The summed E-state index contributed by atoms with van der Waals surface area (Å²) in [7, 11) is 0. The second-order valence-corrected chi connectivity index (χ2v) is 0.729. The average Bonchev–Trinajstić information content (AvgIpc) is 1.35. The maximum Gasteiger partial charge on any atom is 1.00 e. The topological polar surface area (TPSA) is 61.1 Å². The molecule has 0 aromatic carbocycles. The molecule has 1 N–H and O–H groups in total. The molecular formula is C3H3NNaO2+. The zero-order valence-corrected chi connectivity index (χ0v) is 6.01. The Morgan fingerprint density at radius 1 is 1.86 bits per heavy atom. The number of hydrogen-bond donors (Lipinski definition) is 1. The van der Waals surface area contributed by atoms with Gasteiger partial charge in [-0.05, 0) is 0 Å². The normalized spacial score (nSPS) is 5.57. The fourth-order valence-electron chi connectivity index (χ4n) is 0.0676. The minimum absolute atomic E-state index is 0. The minimum atomic E-state index is -1.07. The monoisotopic (exact) mass is 108 g/mol. The maximum atomic E-state index is 9.38. The number of nitriles is 1. The van der Waals surface area contributed by atoms with Gasteiger partial charge in [0, 0.05) is 0 Å². The summed E-state index contributed by atoms with van der Waals surface area (Å²) >= 11 is 0. The third-order valence-electron chi connectivity index (χ3n) is 0.230. The van der Waals surface area contributed by atoms with Crippen molar-refractivity contribution in [1.29, 1.82) is 5.26 Å². The van der Waals surface area contributed by atoms with Crippen LogP contribution < -0.4 is 29.6 Å². The quantitative estimate of drug-likeness (QED) is 0.364. The number of carboxylic acids is 1. The van der Waals surface area contributed by atoms with Crippen LogP contribution in [0.5, 0.6) is 0 Å². The number of nitrogens with zero attached hydrogens (tertiary/aromatic N) is 1. The number of rotatable bonds is 1. The largest absolute Gasteiger partial charge is 1.00 e. The zero-order chi connectivity index (χ0) is 4.99. The van der Waals surface area contributed by atoms with Crippen LogP contribution in [0.2, 0.25) is 0 Å². The molecule has 0 atom stereocenters. The molecule has 0 saturated heterocycles. The Morgan fingerprint density at radius 3 is 2.29 bits per heavy atom. The van der Waals surface area contributed by atoms with E-state index in [-0.39, 0.29) is 29.6 Å². The van der Waals surface area contributed by atoms with E-state index in [1.54, 1.807) is 0 Å². The Kier molecular flexibility index (Phi) is 8.56. The Labute approximate surface area is 63.2 Å². The summed E-state index contributed by atoms with van der Waals surface area (Å²) < 4.78 is 0. The van der Waals surface area contributed by atoms with Crippen LogP contribution in [0, 0.1) is 11.3 Å². The van der Waals surface area contributed by atoms with Gasteiger partial charge in [0.25, 0.3) is 0 Å². The molecule has 0 unspecified atom stereocenters. The van der Waals surface area contributed by atoms with Crippen LogP contribution in [0.1, 0.15) is 6.42 Å². The molecule has 32 valence electrons. The molecule has 0 saturated carbocycles. The first-order chi connectivity index (χ1) is 2.77. The Hall–Kier alpha value is -0.0400. The van der Waals surface area contributed by atoms with Crippen molar-refractivity contribution in [2.45, 2.75) is 6.42 Å². The molecule has 0 aliphatic heterocycles. The molecule has 0 bridgehead atoms. The van der Waals surface area contributed by atoms with E-state index in [4.69, 9.17) is 10.4 Å². The van der Waals surface area contributed by atoms with Crippen molar-refractivity contribution in [3.05, 3.63) is 0 Å². The minimum Gasteiger partial charge on any atom is -0.480 e. The molecule has 0 radical (unpaired) electrons. The molecule has 0 heterocycles. The molecule has 7 heavy (non-hydrogen) atoms. The molecule has 0 aliphatic carbocycles. The van der Waals surface area contributed by atoms with Gasteiger partial charge in [0.1, 0.15) is 6.42 Å². The van der Waals surface area contributed by atoms with Crippen LogP contribution in [0.3, 0.4) is 0 Å². The van der Waals surface area contributed by atoms with Crippen LogP contribution in [0.15, 0.2) is 0 Å². The standard InChI is InChI=1S/C3H3NO2.Na/c4-2-1-3(5)6;/h1H2,(H,5,6);/q;+1. The van der Waals surface area contributed by atoms with E-state index in [1.807, 2.05) is 0 Å². The number of hydrogen-bond acceptors (Lipinski definition) is 2. The Morgan fingerprint density at radius 2 is 2.29 bits per heavy atom. The smallest absolute Gasteiger partial charge is 0.480 e. The summed E-state index contributed by atoms with van der Waals surface area (Å²) in [5.74, 6) is -1.07. The van der Waals surface area contributed by atoms with E-state index in [9.17, 15) is 4.79 Å². The van der Waals surface area contributed by atoms with Crippen molar-refractivity contribution in [3.63, 3.8) is 0 Å². The SMILES string of the molecule is N#CCC(=O)O.[Na+]. The van der Waals surface area contributed by atoms with Crippen molar-refractivity contribution in [3.8, 4) is 6.07 Å². The molecule has 0 amide bonds. The summed E-state index contributed by atoms with van der Waals surface area (Å²) in [6.45, 7) is 0. The van der Waals surface area contributed by atoms with E-state index in [0.29, 0.717) is 0 Å². The third kappa shape index (κ3) is 10.7. The van der Waals surface area contributed by atoms with Gasteiger partial charge < -0.3 is 5.11 Å². The van der Waals surface area contributed by atoms with Crippen LogP contribution in [-0.4, -0.2) is 11.1 Å². The summed E-state index contributed by atoms with van der Waals surface area (Å²) in [6, 6.07) is 1.47. The zero-order valence-electron chi connectivity index (χ0n) is 4.01. The van der Waals surface area contributed by atoms with E-state index in [1.165, 1.54) is 6.07 Å². The second kappa shape index (κ2) is 5.96. The summed E-state index contributed by atoms with van der Waals surface area (Å²) in [4.78, 5) is 9.38. The van der Waals surface area contributed by atoms with Gasteiger partial charge in [0.05, 0.1) is 6.07 Å². The van der Waals surface area contributed by atoms with Crippen molar-refractivity contribution in [1.82, 2.24) is 0 Å². The fraction of sp³-hybridized carbons (Fsp3) is 0.333. The van der Waals surface area contributed by atoms with Crippen molar-refractivity contribution in [2.24, 2.45) is 0 Å². The number of aliphatic carboxylic acids is 1.